The minimum Gasteiger partial charge on any atom is -0.489 e. The topological polar surface area (TPSA) is 75.7 Å². The second-order valence-electron chi connectivity index (χ2n) is 5.96. The minimum absolute atomic E-state index is 0.242. The number of para-hydroxylation sites is 1. The summed E-state index contributed by atoms with van der Waals surface area (Å²) in [4.78, 5) is 38.4. The highest BCUT2D eigenvalue weighted by Crippen LogP contribution is 2.33. The predicted molar refractivity (Wildman–Crippen MR) is 123 cm³/mol. The molecular weight excluding hydrogens is 503 g/mol. The molecule has 0 unspecified atom stereocenters. The average molecular weight is 520 g/mol. The molecule has 1 heterocycles. The van der Waals surface area contributed by atoms with Crippen molar-refractivity contribution in [3.8, 4) is 5.75 Å². The van der Waals surface area contributed by atoms with E-state index in [0.29, 0.717) is 23.6 Å². The number of nitrogens with one attached hydrogen (secondary N) is 1. The summed E-state index contributed by atoms with van der Waals surface area (Å²) in [6.07, 6.45) is 3.22. The monoisotopic (exact) mass is 520 g/mol. The molecule has 1 fully saturated rings. The maximum Gasteiger partial charge on any atom is 0.294 e. The van der Waals surface area contributed by atoms with E-state index in [1.165, 1.54) is 0 Å². The molecule has 0 radical (unpaired) electrons. The van der Waals surface area contributed by atoms with Crippen LogP contribution in [0, 0.1) is 3.57 Å². The van der Waals surface area contributed by atoms with Crippen LogP contribution >= 0.6 is 34.4 Å². The molecule has 29 heavy (non-hydrogen) atoms. The smallest absolute Gasteiger partial charge is 0.294 e. The zero-order valence-electron chi connectivity index (χ0n) is 15.3. The first kappa shape index (κ1) is 21.1. The first-order chi connectivity index (χ1) is 14.0. The quantitative estimate of drug-likeness (QED) is 0.330. The Hall–Kier alpha value is -2.59. The van der Waals surface area contributed by atoms with Crippen LogP contribution in [0.5, 0.6) is 5.75 Å². The number of carbonyl (C=O) groups excluding carboxylic acids is 3. The van der Waals surface area contributed by atoms with Gasteiger partial charge in [0.15, 0.2) is 0 Å². The Morgan fingerprint density at radius 2 is 1.90 bits per heavy atom. The lowest BCUT2D eigenvalue weighted by atomic mass is 10.2. The molecule has 8 heteroatoms. The van der Waals surface area contributed by atoms with Gasteiger partial charge in [0.1, 0.15) is 18.9 Å². The van der Waals surface area contributed by atoms with Crippen molar-refractivity contribution >= 4 is 63.2 Å². The van der Waals surface area contributed by atoms with Gasteiger partial charge in [0, 0.05) is 14.8 Å². The van der Waals surface area contributed by atoms with Crippen LogP contribution in [0.2, 0.25) is 0 Å². The zero-order chi connectivity index (χ0) is 20.8. The van der Waals surface area contributed by atoms with E-state index in [0.717, 1.165) is 20.2 Å². The van der Waals surface area contributed by atoms with Crippen molar-refractivity contribution in [1.29, 1.82) is 0 Å². The number of imide groups is 1. The number of hydrogen-bond donors (Lipinski definition) is 1. The molecule has 148 valence electrons. The van der Waals surface area contributed by atoms with Gasteiger partial charge < -0.3 is 10.1 Å². The molecule has 3 rings (SSSR count). The van der Waals surface area contributed by atoms with E-state index in [2.05, 4.69) is 34.5 Å². The lowest BCUT2D eigenvalue weighted by Gasteiger charge is -2.12. The minimum atomic E-state index is -0.503. The number of carbonyl (C=O) groups is 3. The van der Waals surface area contributed by atoms with Crippen LogP contribution in [-0.2, 0) is 9.59 Å². The van der Waals surface area contributed by atoms with Crippen LogP contribution in [0.25, 0.3) is 6.08 Å². The van der Waals surface area contributed by atoms with Crippen molar-refractivity contribution in [3.05, 3.63) is 75.2 Å². The van der Waals surface area contributed by atoms with Crippen molar-refractivity contribution in [2.24, 2.45) is 0 Å². The van der Waals surface area contributed by atoms with Crippen LogP contribution in [-0.4, -0.2) is 35.1 Å². The lowest BCUT2D eigenvalue weighted by Crippen LogP contribution is -2.36. The van der Waals surface area contributed by atoms with E-state index in [4.69, 9.17) is 4.74 Å². The van der Waals surface area contributed by atoms with Gasteiger partial charge >= 0.3 is 0 Å². The third kappa shape index (κ3) is 5.48. The number of rotatable bonds is 7. The molecule has 1 N–H and O–H groups in total. The van der Waals surface area contributed by atoms with Gasteiger partial charge in [0.2, 0.25) is 5.91 Å². The molecule has 3 amide bonds. The van der Waals surface area contributed by atoms with E-state index < -0.39 is 17.1 Å². The molecule has 0 bridgehead atoms. The van der Waals surface area contributed by atoms with E-state index in [1.54, 1.807) is 36.4 Å². The van der Waals surface area contributed by atoms with E-state index in [1.807, 2.05) is 24.3 Å². The van der Waals surface area contributed by atoms with Gasteiger partial charge in [0.05, 0.1) is 4.91 Å². The number of nitrogens with zero attached hydrogens (tertiary/aromatic N) is 1. The summed E-state index contributed by atoms with van der Waals surface area (Å²) < 4.78 is 6.61. The number of thioether (sulfide) groups is 1. The fourth-order valence-electron chi connectivity index (χ4n) is 2.53. The van der Waals surface area contributed by atoms with Crippen LogP contribution < -0.4 is 10.1 Å². The Morgan fingerprint density at radius 1 is 1.17 bits per heavy atom. The van der Waals surface area contributed by atoms with Gasteiger partial charge in [-0.25, -0.2) is 0 Å². The standard InChI is InChI=1S/C21H17IN2O4S/c1-2-11-28-17-6-4-3-5-14(17)12-18-20(26)24(21(27)29-18)13-19(25)23-16-9-7-15(22)8-10-16/h2-10,12H,1,11,13H2,(H,23,25)/b18-12-. The molecule has 0 spiro atoms. The van der Waals surface area contributed by atoms with Gasteiger partial charge in [-0.2, -0.15) is 0 Å². The molecule has 2 aromatic rings. The molecule has 0 atom stereocenters. The lowest BCUT2D eigenvalue weighted by molar-refractivity contribution is -0.127. The van der Waals surface area contributed by atoms with Gasteiger partial charge in [-0.05, 0) is 70.8 Å². The van der Waals surface area contributed by atoms with Crippen LogP contribution in [0.4, 0.5) is 10.5 Å². The van der Waals surface area contributed by atoms with E-state index >= 15 is 0 Å². The largest absolute Gasteiger partial charge is 0.489 e. The number of halogens is 1. The van der Waals surface area contributed by atoms with Crippen molar-refractivity contribution in [3.63, 3.8) is 0 Å². The summed E-state index contributed by atoms with van der Waals surface area (Å²) in [6.45, 7) is 3.59. The van der Waals surface area contributed by atoms with E-state index in [-0.39, 0.29) is 11.4 Å². The third-order valence-corrected chi connectivity index (χ3v) is 5.49. The second-order valence-corrected chi connectivity index (χ2v) is 8.20. The normalized spacial score (nSPS) is 14.9. The molecule has 0 aromatic heterocycles. The fourth-order valence-corrected chi connectivity index (χ4v) is 3.72. The van der Waals surface area contributed by atoms with Crippen molar-refractivity contribution in [2.75, 3.05) is 18.5 Å². The number of hydrogen-bond acceptors (Lipinski definition) is 5. The summed E-state index contributed by atoms with van der Waals surface area (Å²) >= 11 is 2.96. The Balaban J connectivity index is 1.71. The molecule has 0 aliphatic carbocycles. The maximum absolute atomic E-state index is 12.7. The molecule has 1 aliphatic heterocycles. The van der Waals surface area contributed by atoms with Crippen molar-refractivity contribution in [2.45, 2.75) is 0 Å². The summed E-state index contributed by atoms with van der Waals surface area (Å²) in [5, 5.41) is 2.20. The Morgan fingerprint density at radius 3 is 2.62 bits per heavy atom. The molecular formula is C21H17IN2O4S. The third-order valence-electron chi connectivity index (χ3n) is 3.87. The van der Waals surface area contributed by atoms with Gasteiger partial charge in [0.25, 0.3) is 11.1 Å². The Labute approximate surface area is 186 Å². The second kappa shape index (κ2) is 9.75. The zero-order valence-corrected chi connectivity index (χ0v) is 18.2. The first-order valence-electron chi connectivity index (χ1n) is 8.61. The van der Waals surface area contributed by atoms with Crippen LogP contribution in [0.1, 0.15) is 5.56 Å². The Kier molecular flexibility index (Phi) is 7.10. The molecule has 6 nitrogen and oxygen atoms in total. The van der Waals surface area contributed by atoms with Gasteiger partial charge in [-0.1, -0.05) is 30.9 Å². The number of ether oxygens (including phenoxy) is 1. The highest BCUT2D eigenvalue weighted by molar-refractivity contribution is 14.1. The first-order valence-corrected chi connectivity index (χ1v) is 10.5. The summed E-state index contributed by atoms with van der Waals surface area (Å²) in [5.74, 6) is -0.364. The summed E-state index contributed by atoms with van der Waals surface area (Å²) in [5.41, 5.74) is 1.27. The van der Waals surface area contributed by atoms with Crippen LogP contribution in [0.3, 0.4) is 0 Å². The van der Waals surface area contributed by atoms with E-state index in [9.17, 15) is 14.4 Å². The maximum atomic E-state index is 12.7. The average Bonchev–Trinajstić information content (AvgIpc) is 2.96. The fraction of sp³-hybridized carbons (Fsp3) is 0.0952. The van der Waals surface area contributed by atoms with Crippen molar-refractivity contribution in [1.82, 2.24) is 4.90 Å². The van der Waals surface area contributed by atoms with Gasteiger partial charge in [-0.3, -0.25) is 19.3 Å². The molecule has 1 aliphatic rings. The molecule has 1 saturated heterocycles. The molecule has 2 aromatic carbocycles. The van der Waals surface area contributed by atoms with Crippen LogP contribution in [0.15, 0.2) is 66.1 Å². The highest BCUT2D eigenvalue weighted by atomic mass is 127. The SMILES string of the molecule is C=CCOc1ccccc1/C=C1\SC(=O)N(CC(=O)Nc2ccc(I)cc2)C1=O. The van der Waals surface area contributed by atoms with Crippen molar-refractivity contribution < 1.29 is 19.1 Å². The number of benzene rings is 2. The summed E-state index contributed by atoms with van der Waals surface area (Å²) in [7, 11) is 0. The Bertz CT molecular complexity index is 988. The van der Waals surface area contributed by atoms with Gasteiger partial charge in [-0.15, -0.1) is 0 Å². The number of anilines is 1. The number of amides is 3. The summed E-state index contributed by atoms with van der Waals surface area (Å²) in [6, 6.07) is 14.4. The highest BCUT2D eigenvalue weighted by Gasteiger charge is 2.36. The molecule has 0 saturated carbocycles. The predicted octanol–water partition coefficient (Wildman–Crippen LogP) is 4.53.